The summed E-state index contributed by atoms with van der Waals surface area (Å²) in [5.74, 6) is 0.674. The van der Waals surface area contributed by atoms with E-state index in [9.17, 15) is 0 Å². The zero-order valence-electron chi connectivity index (χ0n) is 25.7. The molecule has 0 bridgehead atoms. The van der Waals surface area contributed by atoms with Gasteiger partial charge < -0.3 is 8.98 Å². The van der Waals surface area contributed by atoms with Gasteiger partial charge in [-0.15, -0.1) is 0 Å². The maximum atomic E-state index is 6.42. The molecule has 0 aliphatic rings. The molecule has 5 heteroatoms. The lowest BCUT2D eigenvalue weighted by Crippen LogP contribution is -1.98. The molecule has 4 heterocycles. The Labute approximate surface area is 275 Å². The highest BCUT2D eigenvalue weighted by Gasteiger charge is 2.19. The highest BCUT2D eigenvalue weighted by atomic mass is 16.3. The summed E-state index contributed by atoms with van der Waals surface area (Å²) in [5.41, 5.74) is 10.5. The molecule has 0 spiro atoms. The minimum absolute atomic E-state index is 0.674. The second kappa shape index (κ2) is 10.5. The zero-order valence-corrected chi connectivity index (χ0v) is 25.7. The van der Waals surface area contributed by atoms with Crippen molar-refractivity contribution in [3.8, 4) is 39.6 Å². The molecule has 224 valence electrons. The van der Waals surface area contributed by atoms with Gasteiger partial charge in [-0.2, -0.15) is 0 Å². The molecule has 4 aromatic heterocycles. The molecule has 0 aliphatic carbocycles. The molecule has 10 aromatic rings. The standard InChI is InChI=1S/C43H26N4O/c1-3-12-27(13-4-1)36-25-37(28-14-5-2-6-15-28)46-43(45-36)29-16-11-17-30(24-29)47-38-20-9-7-18-31(38)35-26-44-40-34(41(35)47)23-22-33-32-19-8-10-21-39(32)48-42(33)40/h1-26H. The molecule has 5 nitrogen and oxygen atoms in total. The van der Waals surface area contributed by atoms with E-state index in [1.165, 1.54) is 0 Å². The van der Waals surface area contributed by atoms with Crippen LogP contribution in [-0.2, 0) is 0 Å². The smallest absolute Gasteiger partial charge is 0.161 e. The van der Waals surface area contributed by atoms with E-state index in [1.807, 2.05) is 60.8 Å². The van der Waals surface area contributed by atoms with Crippen LogP contribution in [-0.4, -0.2) is 19.5 Å². The van der Waals surface area contributed by atoms with Crippen LogP contribution in [0.15, 0.2) is 162 Å². The molecule has 10 rings (SSSR count). The summed E-state index contributed by atoms with van der Waals surface area (Å²) >= 11 is 0. The number of hydrogen-bond acceptors (Lipinski definition) is 4. The third-order valence-electron chi connectivity index (χ3n) is 9.24. The quantitative estimate of drug-likeness (QED) is 0.198. The van der Waals surface area contributed by atoms with Gasteiger partial charge >= 0.3 is 0 Å². The van der Waals surface area contributed by atoms with Gasteiger partial charge in [-0.25, -0.2) is 9.97 Å². The summed E-state index contributed by atoms with van der Waals surface area (Å²) in [4.78, 5) is 15.2. The van der Waals surface area contributed by atoms with Crippen molar-refractivity contribution in [1.29, 1.82) is 0 Å². The number of hydrogen-bond donors (Lipinski definition) is 0. The number of rotatable bonds is 4. The minimum atomic E-state index is 0.674. The molecule has 0 unspecified atom stereocenters. The predicted molar refractivity (Wildman–Crippen MR) is 195 cm³/mol. The monoisotopic (exact) mass is 614 g/mol. The number of pyridine rings is 1. The maximum absolute atomic E-state index is 6.42. The van der Waals surface area contributed by atoms with Crippen LogP contribution in [0.4, 0.5) is 0 Å². The molecule has 0 saturated heterocycles. The second-order valence-electron chi connectivity index (χ2n) is 12.1. The van der Waals surface area contributed by atoms with Crippen molar-refractivity contribution in [3.63, 3.8) is 0 Å². The third kappa shape index (κ3) is 4.08. The summed E-state index contributed by atoms with van der Waals surface area (Å²) in [6, 6.07) is 52.2. The van der Waals surface area contributed by atoms with Crippen LogP contribution in [0.3, 0.4) is 0 Å². The van der Waals surface area contributed by atoms with E-state index >= 15 is 0 Å². The van der Waals surface area contributed by atoms with Crippen LogP contribution in [0.2, 0.25) is 0 Å². The van der Waals surface area contributed by atoms with E-state index in [4.69, 9.17) is 19.4 Å². The Balaban J connectivity index is 1.23. The first kappa shape index (κ1) is 26.6. The van der Waals surface area contributed by atoms with Crippen molar-refractivity contribution in [3.05, 3.63) is 158 Å². The van der Waals surface area contributed by atoms with E-state index in [-0.39, 0.29) is 0 Å². The lowest BCUT2D eigenvalue weighted by molar-refractivity contribution is 0.671. The lowest BCUT2D eigenvalue weighted by atomic mass is 10.1. The predicted octanol–water partition coefficient (Wildman–Crippen LogP) is 11.0. The number of nitrogens with zero attached hydrogens (tertiary/aromatic N) is 4. The summed E-state index contributed by atoms with van der Waals surface area (Å²) in [5, 5.41) is 5.43. The fourth-order valence-electron chi connectivity index (χ4n) is 7.03. The summed E-state index contributed by atoms with van der Waals surface area (Å²) in [6.45, 7) is 0. The first-order valence-corrected chi connectivity index (χ1v) is 16.0. The van der Waals surface area contributed by atoms with E-state index in [1.54, 1.807) is 0 Å². The van der Waals surface area contributed by atoms with Gasteiger partial charge in [0.1, 0.15) is 11.1 Å². The Morgan fingerprint density at radius 3 is 1.90 bits per heavy atom. The van der Waals surface area contributed by atoms with Crippen LogP contribution in [0.5, 0.6) is 0 Å². The largest absolute Gasteiger partial charge is 0.454 e. The van der Waals surface area contributed by atoms with Crippen molar-refractivity contribution >= 4 is 54.6 Å². The number of benzene rings is 6. The first-order chi connectivity index (χ1) is 23.8. The summed E-state index contributed by atoms with van der Waals surface area (Å²) < 4.78 is 8.76. The van der Waals surface area contributed by atoms with E-state index in [0.29, 0.717) is 5.82 Å². The molecular weight excluding hydrogens is 589 g/mol. The maximum Gasteiger partial charge on any atom is 0.161 e. The Bertz CT molecular complexity index is 2780. The number of aromatic nitrogens is 4. The number of furan rings is 1. The highest BCUT2D eigenvalue weighted by molar-refractivity contribution is 6.23. The second-order valence-corrected chi connectivity index (χ2v) is 12.1. The Kier molecular flexibility index (Phi) is 5.81. The van der Waals surface area contributed by atoms with Crippen molar-refractivity contribution in [2.24, 2.45) is 0 Å². The zero-order chi connectivity index (χ0) is 31.6. The molecule has 0 fully saturated rings. The Morgan fingerprint density at radius 1 is 0.479 bits per heavy atom. The van der Waals surface area contributed by atoms with Gasteiger partial charge in [0, 0.05) is 55.5 Å². The van der Waals surface area contributed by atoms with E-state index < -0.39 is 0 Å². The van der Waals surface area contributed by atoms with E-state index in [2.05, 4.69) is 102 Å². The lowest BCUT2D eigenvalue weighted by Gasteiger charge is -2.13. The van der Waals surface area contributed by atoms with Crippen LogP contribution in [0.25, 0.3) is 94.2 Å². The van der Waals surface area contributed by atoms with Crippen molar-refractivity contribution < 1.29 is 4.42 Å². The molecule has 0 atom stereocenters. The normalized spacial score (nSPS) is 11.8. The molecule has 6 aromatic carbocycles. The molecule has 0 aliphatic heterocycles. The van der Waals surface area contributed by atoms with Gasteiger partial charge in [0.15, 0.2) is 11.4 Å². The molecule has 48 heavy (non-hydrogen) atoms. The molecular formula is C43H26N4O. The van der Waals surface area contributed by atoms with Crippen LogP contribution in [0, 0.1) is 0 Å². The van der Waals surface area contributed by atoms with Crippen molar-refractivity contribution in [2.45, 2.75) is 0 Å². The van der Waals surface area contributed by atoms with Crippen molar-refractivity contribution in [2.75, 3.05) is 0 Å². The highest BCUT2D eigenvalue weighted by Crippen LogP contribution is 2.40. The Hall–Kier alpha value is -6.59. The van der Waals surface area contributed by atoms with Gasteiger partial charge in [0.2, 0.25) is 0 Å². The molecule has 0 N–H and O–H groups in total. The summed E-state index contributed by atoms with van der Waals surface area (Å²) in [6.07, 6.45) is 1.99. The molecule has 0 radical (unpaired) electrons. The van der Waals surface area contributed by atoms with Crippen molar-refractivity contribution in [1.82, 2.24) is 19.5 Å². The van der Waals surface area contributed by atoms with Crippen LogP contribution >= 0.6 is 0 Å². The number of fused-ring (bicyclic) bond motifs is 9. The third-order valence-corrected chi connectivity index (χ3v) is 9.24. The van der Waals surface area contributed by atoms with Gasteiger partial charge in [-0.05, 0) is 42.5 Å². The number of para-hydroxylation sites is 2. The first-order valence-electron chi connectivity index (χ1n) is 16.0. The minimum Gasteiger partial charge on any atom is -0.454 e. The summed E-state index contributed by atoms with van der Waals surface area (Å²) in [7, 11) is 0. The van der Waals surface area contributed by atoms with Gasteiger partial charge in [0.05, 0.1) is 22.4 Å². The average molecular weight is 615 g/mol. The Morgan fingerprint density at radius 2 is 1.12 bits per heavy atom. The van der Waals surface area contributed by atoms with Gasteiger partial charge in [-0.3, -0.25) is 4.98 Å². The van der Waals surface area contributed by atoms with Gasteiger partial charge in [0.25, 0.3) is 0 Å². The topological polar surface area (TPSA) is 56.7 Å². The fraction of sp³-hybridized carbons (Fsp3) is 0. The molecule has 0 saturated carbocycles. The fourth-order valence-corrected chi connectivity index (χ4v) is 7.03. The average Bonchev–Trinajstić information content (AvgIpc) is 3.72. The van der Waals surface area contributed by atoms with E-state index in [0.717, 1.165) is 88.4 Å². The van der Waals surface area contributed by atoms with Crippen LogP contribution < -0.4 is 0 Å². The molecule has 0 amide bonds. The SMILES string of the molecule is c1ccc(-c2cc(-c3ccccc3)nc(-c3cccc(-n4c5ccccc5c5cnc6c(ccc7c8ccccc8oc76)c54)c3)n2)cc1. The van der Waals surface area contributed by atoms with Gasteiger partial charge in [-0.1, -0.05) is 109 Å². The van der Waals surface area contributed by atoms with Crippen LogP contribution in [0.1, 0.15) is 0 Å².